The van der Waals surface area contributed by atoms with Crippen LogP contribution in [0.4, 0.5) is 0 Å². The van der Waals surface area contributed by atoms with Crippen LogP contribution in [-0.4, -0.2) is 19.9 Å². The highest BCUT2D eigenvalue weighted by atomic mass is 16.3. The molecule has 0 aliphatic heterocycles. The Morgan fingerprint density at radius 1 is 1.00 bits per heavy atom. The van der Waals surface area contributed by atoms with Crippen molar-refractivity contribution < 1.29 is 5.11 Å². The van der Waals surface area contributed by atoms with Gasteiger partial charge in [0, 0.05) is 23.5 Å². The predicted molar refractivity (Wildman–Crippen MR) is 92.3 cm³/mol. The van der Waals surface area contributed by atoms with Crippen molar-refractivity contribution in [1.29, 1.82) is 0 Å². The fourth-order valence-electron chi connectivity index (χ4n) is 2.79. The molecule has 0 saturated carbocycles. The molecule has 0 aliphatic carbocycles. The number of hydrogen-bond acceptors (Lipinski definition) is 3. The molecule has 1 N–H and O–H groups in total. The zero-order valence-electron chi connectivity index (χ0n) is 13.9. The van der Waals surface area contributed by atoms with Crippen LogP contribution < -0.4 is 0 Å². The minimum atomic E-state index is -0.191. The first-order chi connectivity index (χ1) is 10.9. The zero-order valence-corrected chi connectivity index (χ0v) is 13.9. The SMILES string of the molecule is Cc1c(O)c(-c2ccccc2-c2cccnc2)nn1C(C)(C)C. The molecule has 2 heterocycles. The van der Waals surface area contributed by atoms with Gasteiger partial charge in [-0.25, -0.2) is 0 Å². The smallest absolute Gasteiger partial charge is 0.164 e. The molecule has 4 nitrogen and oxygen atoms in total. The highest BCUT2D eigenvalue weighted by molar-refractivity contribution is 5.84. The Kier molecular flexibility index (Phi) is 3.68. The van der Waals surface area contributed by atoms with E-state index in [1.807, 2.05) is 54.2 Å². The summed E-state index contributed by atoms with van der Waals surface area (Å²) in [6.45, 7) is 8.11. The highest BCUT2D eigenvalue weighted by Crippen LogP contribution is 2.38. The van der Waals surface area contributed by atoms with Gasteiger partial charge in [-0.15, -0.1) is 0 Å². The lowest BCUT2D eigenvalue weighted by atomic mass is 9.98. The second-order valence-corrected chi connectivity index (χ2v) is 6.65. The fourth-order valence-corrected chi connectivity index (χ4v) is 2.79. The van der Waals surface area contributed by atoms with Gasteiger partial charge in [-0.3, -0.25) is 9.67 Å². The molecule has 1 aromatic carbocycles. The van der Waals surface area contributed by atoms with Crippen molar-refractivity contribution in [3.05, 3.63) is 54.5 Å². The van der Waals surface area contributed by atoms with Gasteiger partial charge in [0.05, 0.1) is 11.2 Å². The first-order valence-corrected chi connectivity index (χ1v) is 7.68. The fraction of sp³-hybridized carbons (Fsp3) is 0.263. The Hall–Kier alpha value is -2.62. The number of aromatic hydroxyl groups is 1. The van der Waals surface area contributed by atoms with Crippen molar-refractivity contribution in [2.75, 3.05) is 0 Å². The molecule has 0 radical (unpaired) electrons. The molecule has 0 amide bonds. The van der Waals surface area contributed by atoms with E-state index < -0.39 is 0 Å². The van der Waals surface area contributed by atoms with E-state index in [-0.39, 0.29) is 11.3 Å². The minimum Gasteiger partial charge on any atom is -0.504 e. The largest absolute Gasteiger partial charge is 0.504 e. The van der Waals surface area contributed by atoms with Gasteiger partial charge in [0.2, 0.25) is 0 Å². The summed E-state index contributed by atoms with van der Waals surface area (Å²) in [5.41, 5.74) is 4.11. The molecule has 3 aromatic rings. The number of benzene rings is 1. The van der Waals surface area contributed by atoms with Gasteiger partial charge in [-0.1, -0.05) is 30.3 Å². The zero-order chi connectivity index (χ0) is 16.6. The molecule has 23 heavy (non-hydrogen) atoms. The molecule has 0 atom stereocenters. The van der Waals surface area contributed by atoms with Crippen molar-refractivity contribution in [2.45, 2.75) is 33.2 Å². The maximum absolute atomic E-state index is 10.6. The second-order valence-electron chi connectivity index (χ2n) is 6.65. The quantitative estimate of drug-likeness (QED) is 0.764. The van der Waals surface area contributed by atoms with Crippen LogP contribution in [0.1, 0.15) is 26.5 Å². The normalized spacial score (nSPS) is 11.7. The van der Waals surface area contributed by atoms with Crippen LogP contribution in [-0.2, 0) is 5.54 Å². The number of rotatable bonds is 2. The molecule has 2 aromatic heterocycles. The van der Waals surface area contributed by atoms with E-state index in [4.69, 9.17) is 0 Å². The summed E-state index contributed by atoms with van der Waals surface area (Å²) in [5, 5.41) is 15.3. The summed E-state index contributed by atoms with van der Waals surface area (Å²) in [7, 11) is 0. The first kappa shape index (κ1) is 15.3. The molecular weight excluding hydrogens is 286 g/mol. The maximum Gasteiger partial charge on any atom is 0.164 e. The predicted octanol–water partition coefficient (Wildman–Crippen LogP) is 4.38. The minimum absolute atomic E-state index is 0.191. The maximum atomic E-state index is 10.6. The van der Waals surface area contributed by atoms with E-state index in [0.29, 0.717) is 5.69 Å². The molecule has 0 spiro atoms. The number of nitrogens with zero attached hydrogens (tertiary/aromatic N) is 3. The summed E-state index contributed by atoms with van der Waals surface area (Å²) >= 11 is 0. The number of hydrogen-bond donors (Lipinski definition) is 1. The van der Waals surface area contributed by atoms with E-state index in [0.717, 1.165) is 22.4 Å². The van der Waals surface area contributed by atoms with Crippen LogP contribution in [0, 0.1) is 6.92 Å². The third kappa shape index (κ3) is 2.72. The lowest BCUT2D eigenvalue weighted by Gasteiger charge is -2.20. The molecule has 0 unspecified atom stereocenters. The summed E-state index contributed by atoms with van der Waals surface area (Å²) < 4.78 is 1.87. The van der Waals surface area contributed by atoms with Crippen molar-refractivity contribution >= 4 is 0 Å². The molecule has 4 heteroatoms. The summed E-state index contributed by atoms with van der Waals surface area (Å²) in [5.74, 6) is 0.233. The summed E-state index contributed by atoms with van der Waals surface area (Å²) in [6.07, 6.45) is 3.57. The van der Waals surface area contributed by atoms with Crippen molar-refractivity contribution in [3.8, 4) is 28.1 Å². The van der Waals surface area contributed by atoms with Gasteiger partial charge in [0.1, 0.15) is 5.69 Å². The molecular formula is C19H21N3O. The molecule has 118 valence electrons. The Morgan fingerprint density at radius 3 is 2.26 bits per heavy atom. The van der Waals surface area contributed by atoms with E-state index >= 15 is 0 Å². The van der Waals surface area contributed by atoms with Crippen LogP contribution in [0.5, 0.6) is 5.75 Å². The molecule has 0 saturated heterocycles. The number of pyridine rings is 1. The van der Waals surface area contributed by atoms with Crippen molar-refractivity contribution in [1.82, 2.24) is 14.8 Å². The van der Waals surface area contributed by atoms with Crippen LogP contribution in [0.3, 0.4) is 0 Å². The van der Waals surface area contributed by atoms with E-state index in [1.54, 1.807) is 6.20 Å². The van der Waals surface area contributed by atoms with Gasteiger partial charge in [0.25, 0.3) is 0 Å². The van der Waals surface area contributed by atoms with Gasteiger partial charge in [-0.05, 0) is 39.3 Å². The van der Waals surface area contributed by atoms with Crippen molar-refractivity contribution in [2.24, 2.45) is 0 Å². The average molecular weight is 307 g/mol. The Balaban J connectivity index is 2.22. The van der Waals surface area contributed by atoms with Gasteiger partial charge in [-0.2, -0.15) is 5.10 Å². The van der Waals surface area contributed by atoms with Gasteiger partial charge in [0.15, 0.2) is 5.75 Å². The van der Waals surface area contributed by atoms with Crippen molar-refractivity contribution in [3.63, 3.8) is 0 Å². The Morgan fingerprint density at radius 2 is 1.70 bits per heavy atom. The summed E-state index contributed by atoms with van der Waals surface area (Å²) in [6, 6.07) is 11.9. The average Bonchev–Trinajstić information content (AvgIpc) is 2.84. The van der Waals surface area contributed by atoms with Crippen LogP contribution in [0.25, 0.3) is 22.4 Å². The van der Waals surface area contributed by atoms with E-state index in [2.05, 4.69) is 30.9 Å². The molecule has 0 aliphatic rings. The summed E-state index contributed by atoms with van der Waals surface area (Å²) in [4.78, 5) is 4.19. The Labute approximate surface area is 136 Å². The third-order valence-electron chi connectivity index (χ3n) is 3.87. The number of aromatic nitrogens is 3. The van der Waals surface area contributed by atoms with Gasteiger partial charge < -0.3 is 5.11 Å². The molecule has 0 bridgehead atoms. The second kappa shape index (κ2) is 5.54. The van der Waals surface area contributed by atoms with E-state index in [9.17, 15) is 5.11 Å². The topological polar surface area (TPSA) is 50.9 Å². The van der Waals surface area contributed by atoms with Gasteiger partial charge >= 0.3 is 0 Å². The molecule has 0 fully saturated rings. The van der Waals surface area contributed by atoms with Crippen LogP contribution in [0.2, 0.25) is 0 Å². The third-order valence-corrected chi connectivity index (χ3v) is 3.87. The molecule has 3 rings (SSSR count). The van der Waals surface area contributed by atoms with Crippen LogP contribution in [0.15, 0.2) is 48.8 Å². The lowest BCUT2D eigenvalue weighted by Crippen LogP contribution is -2.24. The van der Waals surface area contributed by atoms with Crippen LogP contribution >= 0.6 is 0 Å². The first-order valence-electron chi connectivity index (χ1n) is 7.68. The monoisotopic (exact) mass is 307 g/mol. The standard InChI is InChI=1S/C19H21N3O/c1-13-18(23)17(21-22(13)19(2,3)4)16-10-6-5-9-15(16)14-8-7-11-20-12-14/h5-12,23H,1-4H3. The van der Waals surface area contributed by atoms with E-state index in [1.165, 1.54) is 0 Å². The Bertz CT molecular complexity index is 830. The highest BCUT2D eigenvalue weighted by Gasteiger charge is 2.24. The lowest BCUT2D eigenvalue weighted by molar-refractivity contribution is 0.345.